The summed E-state index contributed by atoms with van der Waals surface area (Å²) in [5, 5.41) is 0. The molecule has 0 amide bonds. The number of nitrogens with zero attached hydrogens (tertiary/aromatic N) is 1. The maximum atomic E-state index is 6.11. The number of nitrogens with two attached hydrogens (primary N) is 1. The number of hydrogen-bond donors (Lipinski definition) is 1. The normalized spacial score (nSPS) is 18.6. The third-order valence-electron chi connectivity index (χ3n) is 2.58. The molecule has 1 unspecified atom stereocenters. The molecule has 1 aliphatic rings. The summed E-state index contributed by atoms with van der Waals surface area (Å²) in [6.45, 7) is 3.03. The van der Waals surface area contributed by atoms with Gasteiger partial charge in [-0.1, -0.05) is 42.5 Å². The molecule has 0 radical (unpaired) electrons. The van der Waals surface area contributed by atoms with Gasteiger partial charge in [0.2, 0.25) is 0 Å². The van der Waals surface area contributed by atoms with Crippen LogP contribution in [0.3, 0.4) is 0 Å². The Kier molecular flexibility index (Phi) is 2.96. The Morgan fingerprint density at radius 1 is 1.14 bits per heavy atom. The molecule has 1 aromatic rings. The molecule has 0 fully saturated rings. The van der Waals surface area contributed by atoms with E-state index in [0.29, 0.717) is 0 Å². The fraction of sp³-hybridized carbons (Fsp3) is 0.333. The lowest BCUT2D eigenvalue weighted by Gasteiger charge is -2.20. The van der Waals surface area contributed by atoms with Crippen LogP contribution in [0.25, 0.3) is 0 Å². The van der Waals surface area contributed by atoms with E-state index in [2.05, 4.69) is 29.2 Å². The van der Waals surface area contributed by atoms with Crippen molar-refractivity contribution in [2.24, 2.45) is 5.73 Å². The highest BCUT2D eigenvalue weighted by Crippen LogP contribution is 2.12. The first-order valence-electron chi connectivity index (χ1n) is 5.04. The lowest BCUT2D eigenvalue weighted by atomic mass is 10.1. The Morgan fingerprint density at radius 3 is 2.43 bits per heavy atom. The van der Waals surface area contributed by atoms with Gasteiger partial charge in [0.15, 0.2) is 0 Å². The Hall–Kier alpha value is -1.12. The third-order valence-corrected chi connectivity index (χ3v) is 2.58. The number of rotatable bonds is 3. The van der Waals surface area contributed by atoms with Crippen molar-refractivity contribution in [3.63, 3.8) is 0 Å². The second-order valence-electron chi connectivity index (χ2n) is 3.71. The molecular weight excluding hydrogens is 172 g/mol. The standard InChI is InChI=1S/C12H16N2/c13-12(10-14-8-4-5-9-14)11-6-2-1-3-7-11/h1-7,12H,8-10,13H2. The van der Waals surface area contributed by atoms with Crippen LogP contribution < -0.4 is 5.73 Å². The topological polar surface area (TPSA) is 29.3 Å². The summed E-state index contributed by atoms with van der Waals surface area (Å²) < 4.78 is 0. The first-order valence-corrected chi connectivity index (χ1v) is 5.04. The van der Waals surface area contributed by atoms with Gasteiger partial charge in [0.1, 0.15) is 0 Å². The van der Waals surface area contributed by atoms with Crippen LogP contribution in [0, 0.1) is 0 Å². The molecule has 0 saturated heterocycles. The van der Waals surface area contributed by atoms with E-state index in [1.165, 1.54) is 5.56 Å². The largest absolute Gasteiger partial charge is 0.323 e. The van der Waals surface area contributed by atoms with Crippen LogP contribution >= 0.6 is 0 Å². The fourth-order valence-corrected chi connectivity index (χ4v) is 1.75. The summed E-state index contributed by atoms with van der Waals surface area (Å²) in [7, 11) is 0. The lowest BCUT2D eigenvalue weighted by Crippen LogP contribution is -2.30. The van der Waals surface area contributed by atoms with Gasteiger partial charge in [-0.15, -0.1) is 0 Å². The summed E-state index contributed by atoms with van der Waals surface area (Å²) >= 11 is 0. The summed E-state index contributed by atoms with van der Waals surface area (Å²) in [6, 6.07) is 10.4. The molecule has 2 rings (SSSR count). The smallest absolute Gasteiger partial charge is 0.0424 e. The summed E-state index contributed by atoms with van der Waals surface area (Å²) in [5.74, 6) is 0. The summed E-state index contributed by atoms with van der Waals surface area (Å²) in [5.41, 5.74) is 7.33. The molecule has 0 bridgehead atoms. The predicted molar refractivity (Wildman–Crippen MR) is 59.0 cm³/mol. The fourth-order valence-electron chi connectivity index (χ4n) is 1.75. The van der Waals surface area contributed by atoms with E-state index < -0.39 is 0 Å². The molecule has 2 N–H and O–H groups in total. The van der Waals surface area contributed by atoms with E-state index in [0.717, 1.165) is 19.6 Å². The molecule has 1 aliphatic heterocycles. The Labute approximate surface area is 85.0 Å². The molecule has 1 heterocycles. The maximum absolute atomic E-state index is 6.11. The van der Waals surface area contributed by atoms with E-state index >= 15 is 0 Å². The molecule has 74 valence electrons. The van der Waals surface area contributed by atoms with Gasteiger partial charge in [-0.2, -0.15) is 0 Å². The maximum Gasteiger partial charge on any atom is 0.0424 e. The van der Waals surface area contributed by atoms with Gasteiger partial charge in [-0.05, 0) is 5.56 Å². The van der Waals surface area contributed by atoms with Gasteiger partial charge in [-0.3, -0.25) is 4.90 Å². The minimum atomic E-state index is 0.135. The molecule has 0 aromatic heterocycles. The van der Waals surface area contributed by atoms with Crippen molar-refractivity contribution in [1.29, 1.82) is 0 Å². The van der Waals surface area contributed by atoms with E-state index in [-0.39, 0.29) is 6.04 Å². The highest BCUT2D eigenvalue weighted by molar-refractivity contribution is 5.19. The third kappa shape index (κ3) is 2.22. The molecule has 1 atom stereocenters. The number of benzene rings is 1. The highest BCUT2D eigenvalue weighted by atomic mass is 15.1. The minimum absolute atomic E-state index is 0.135. The minimum Gasteiger partial charge on any atom is -0.323 e. The van der Waals surface area contributed by atoms with Crippen molar-refractivity contribution < 1.29 is 0 Å². The van der Waals surface area contributed by atoms with Gasteiger partial charge in [0.25, 0.3) is 0 Å². The second-order valence-corrected chi connectivity index (χ2v) is 3.71. The zero-order valence-electron chi connectivity index (χ0n) is 8.26. The molecular formula is C12H16N2. The predicted octanol–water partition coefficient (Wildman–Crippen LogP) is 1.56. The molecule has 0 saturated carbocycles. The summed E-state index contributed by atoms with van der Waals surface area (Å²) in [4.78, 5) is 2.34. The Bertz CT molecular complexity index is 297. The average Bonchev–Trinajstić information content (AvgIpc) is 2.72. The lowest BCUT2D eigenvalue weighted by molar-refractivity contribution is 0.328. The zero-order chi connectivity index (χ0) is 9.80. The quantitative estimate of drug-likeness (QED) is 0.729. The highest BCUT2D eigenvalue weighted by Gasteiger charge is 2.12. The number of hydrogen-bond acceptors (Lipinski definition) is 2. The Balaban J connectivity index is 1.92. The van der Waals surface area contributed by atoms with Crippen molar-refractivity contribution in [1.82, 2.24) is 4.90 Å². The molecule has 0 aliphatic carbocycles. The Morgan fingerprint density at radius 2 is 1.79 bits per heavy atom. The zero-order valence-corrected chi connectivity index (χ0v) is 8.26. The van der Waals surface area contributed by atoms with Gasteiger partial charge >= 0.3 is 0 Å². The SMILES string of the molecule is NC(CN1CC=CC1)c1ccccc1. The monoisotopic (exact) mass is 188 g/mol. The van der Waals surface area contributed by atoms with E-state index in [4.69, 9.17) is 5.73 Å². The first-order chi connectivity index (χ1) is 6.86. The van der Waals surface area contributed by atoms with E-state index in [9.17, 15) is 0 Å². The van der Waals surface area contributed by atoms with Gasteiger partial charge in [0.05, 0.1) is 0 Å². The second kappa shape index (κ2) is 4.40. The molecule has 2 nitrogen and oxygen atoms in total. The van der Waals surface area contributed by atoms with Crippen LogP contribution in [0.15, 0.2) is 42.5 Å². The molecule has 1 aromatic carbocycles. The summed E-state index contributed by atoms with van der Waals surface area (Å²) in [6.07, 6.45) is 4.38. The van der Waals surface area contributed by atoms with Crippen LogP contribution in [0.2, 0.25) is 0 Å². The van der Waals surface area contributed by atoms with Crippen LogP contribution in [0.1, 0.15) is 11.6 Å². The first kappa shape index (κ1) is 9.44. The van der Waals surface area contributed by atoms with Crippen molar-refractivity contribution in [3.05, 3.63) is 48.0 Å². The van der Waals surface area contributed by atoms with E-state index in [1.54, 1.807) is 0 Å². The van der Waals surface area contributed by atoms with Crippen molar-refractivity contribution >= 4 is 0 Å². The van der Waals surface area contributed by atoms with Crippen molar-refractivity contribution in [2.75, 3.05) is 19.6 Å². The molecule has 14 heavy (non-hydrogen) atoms. The molecule has 0 spiro atoms. The molecule has 2 heteroatoms. The van der Waals surface area contributed by atoms with Crippen LogP contribution in [-0.4, -0.2) is 24.5 Å². The van der Waals surface area contributed by atoms with Gasteiger partial charge in [0, 0.05) is 25.7 Å². The van der Waals surface area contributed by atoms with Crippen LogP contribution in [-0.2, 0) is 0 Å². The van der Waals surface area contributed by atoms with Gasteiger partial charge in [-0.25, -0.2) is 0 Å². The van der Waals surface area contributed by atoms with Crippen LogP contribution in [0.4, 0.5) is 0 Å². The average molecular weight is 188 g/mol. The van der Waals surface area contributed by atoms with Gasteiger partial charge < -0.3 is 5.73 Å². The van der Waals surface area contributed by atoms with Crippen LogP contribution in [0.5, 0.6) is 0 Å². The van der Waals surface area contributed by atoms with E-state index in [1.807, 2.05) is 18.2 Å². The van der Waals surface area contributed by atoms with Crippen molar-refractivity contribution in [3.8, 4) is 0 Å². The van der Waals surface area contributed by atoms with Crippen molar-refractivity contribution in [2.45, 2.75) is 6.04 Å².